The molecule has 0 aliphatic rings. The Bertz CT molecular complexity index is 391. The Morgan fingerprint density at radius 3 is 3.14 bits per heavy atom. The van der Waals surface area contributed by atoms with Gasteiger partial charge in [0.25, 0.3) is 0 Å². The van der Waals surface area contributed by atoms with Crippen LogP contribution in [0.15, 0.2) is 11.2 Å². The second kappa shape index (κ2) is 4.29. The number of hydrogen-bond donors (Lipinski definition) is 0. The van der Waals surface area contributed by atoms with Gasteiger partial charge in [-0.25, -0.2) is 4.79 Å². The lowest BCUT2D eigenvalue weighted by atomic mass is 10.3. The van der Waals surface area contributed by atoms with Crippen LogP contribution >= 0.6 is 0 Å². The van der Waals surface area contributed by atoms with Crippen molar-refractivity contribution in [2.24, 2.45) is 12.2 Å². The molecular weight excluding hydrogens is 186 g/mol. The predicted octanol–water partition coefficient (Wildman–Crippen LogP) is 1.02. The molecule has 0 aromatic carbocycles. The molecule has 0 saturated carbocycles. The molecule has 7 heteroatoms. The fourth-order valence-electron chi connectivity index (χ4n) is 0.962. The van der Waals surface area contributed by atoms with Crippen LogP contribution in [0.3, 0.4) is 0 Å². The minimum Gasteiger partial charge on any atom is -0.464 e. The van der Waals surface area contributed by atoms with E-state index in [-0.39, 0.29) is 12.2 Å². The first-order valence-electron chi connectivity index (χ1n) is 3.81. The van der Waals surface area contributed by atoms with Gasteiger partial charge in [-0.1, -0.05) is 5.11 Å². The quantitative estimate of drug-likeness (QED) is 0.312. The van der Waals surface area contributed by atoms with Gasteiger partial charge < -0.3 is 4.74 Å². The smallest absolute Gasteiger partial charge is 0.358 e. The summed E-state index contributed by atoms with van der Waals surface area (Å²) < 4.78 is 5.96. The van der Waals surface area contributed by atoms with Crippen LogP contribution in [0.25, 0.3) is 10.4 Å². The average molecular weight is 195 g/mol. The molecule has 0 N–H and O–H groups in total. The van der Waals surface area contributed by atoms with Crippen molar-refractivity contribution in [2.75, 3.05) is 7.11 Å². The molecule has 0 aliphatic carbocycles. The van der Waals surface area contributed by atoms with Gasteiger partial charge in [0.05, 0.1) is 13.7 Å². The zero-order valence-corrected chi connectivity index (χ0v) is 7.84. The van der Waals surface area contributed by atoms with Crippen molar-refractivity contribution in [3.8, 4) is 0 Å². The maximum absolute atomic E-state index is 11.1. The number of rotatable bonds is 3. The van der Waals surface area contributed by atoms with E-state index in [2.05, 4.69) is 19.9 Å². The Kier molecular flexibility index (Phi) is 3.09. The molecule has 1 rings (SSSR count). The second-order valence-electron chi connectivity index (χ2n) is 2.53. The minimum atomic E-state index is -0.507. The minimum absolute atomic E-state index is 0.164. The van der Waals surface area contributed by atoms with E-state index in [1.165, 1.54) is 17.9 Å². The van der Waals surface area contributed by atoms with E-state index in [1.54, 1.807) is 7.05 Å². The Labute approximate surface area is 79.9 Å². The molecule has 0 radical (unpaired) electrons. The Balaban J connectivity index is 2.92. The molecule has 14 heavy (non-hydrogen) atoms. The number of nitrogens with zero attached hydrogens (tertiary/aromatic N) is 5. The van der Waals surface area contributed by atoms with Crippen LogP contribution in [-0.4, -0.2) is 22.9 Å². The van der Waals surface area contributed by atoms with Gasteiger partial charge in [-0.05, 0) is 11.6 Å². The number of hydrogen-bond acceptors (Lipinski definition) is 4. The van der Waals surface area contributed by atoms with Gasteiger partial charge in [-0.2, -0.15) is 5.10 Å². The number of ether oxygens (including phenoxy) is 1. The number of esters is 1. The highest BCUT2D eigenvalue weighted by atomic mass is 16.5. The third kappa shape index (κ3) is 2.02. The van der Waals surface area contributed by atoms with Crippen molar-refractivity contribution >= 4 is 5.97 Å². The Morgan fingerprint density at radius 1 is 1.86 bits per heavy atom. The highest BCUT2D eigenvalue weighted by Crippen LogP contribution is 2.05. The molecule has 0 saturated heterocycles. The Hall–Kier alpha value is -2.01. The summed E-state index contributed by atoms with van der Waals surface area (Å²) >= 11 is 0. The fraction of sp³-hybridized carbons (Fsp3) is 0.429. The van der Waals surface area contributed by atoms with Crippen molar-refractivity contribution in [3.05, 3.63) is 27.9 Å². The van der Waals surface area contributed by atoms with Gasteiger partial charge in [-0.15, -0.1) is 0 Å². The van der Waals surface area contributed by atoms with Gasteiger partial charge >= 0.3 is 5.97 Å². The highest BCUT2D eigenvalue weighted by molar-refractivity contribution is 5.87. The third-order valence-electron chi connectivity index (χ3n) is 1.67. The summed E-state index contributed by atoms with van der Waals surface area (Å²) in [6, 6.07) is 1.53. The zero-order valence-electron chi connectivity index (χ0n) is 7.84. The summed E-state index contributed by atoms with van der Waals surface area (Å²) in [5.41, 5.74) is 8.98. The van der Waals surface area contributed by atoms with Gasteiger partial charge in [0.15, 0.2) is 5.69 Å². The molecule has 1 aromatic heterocycles. The number of azide groups is 1. The molecule has 0 bridgehead atoms. The van der Waals surface area contributed by atoms with Crippen molar-refractivity contribution in [2.45, 2.75) is 6.54 Å². The number of carbonyl (C=O) groups is 1. The van der Waals surface area contributed by atoms with Crippen LogP contribution in [0, 0.1) is 0 Å². The summed E-state index contributed by atoms with van der Waals surface area (Å²) in [5.74, 6) is -0.507. The van der Waals surface area contributed by atoms with E-state index >= 15 is 0 Å². The first-order chi connectivity index (χ1) is 6.69. The average Bonchev–Trinajstić information content (AvgIpc) is 2.56. The normalized spacial score (nSPS) is 9.29. The number of methoxy groups -OCH3 is 1. The summed E-state index contributed by atoms with van der Waals surface area (Å²) in [6.07, 6.45) is 0. The zero-order chi connectivity index (χ0) is 10.6. The van der Waals surface area contributed by atoms with Crippen molar-refractivity contribution in [1.82, 2.24) is 9.78 Å². The molecule has 1 heterocycles. The summed E-state index contributed by atoms with van der Waals surface area (Å²) in [7, 11) is 2.94. The van der Waals surface area contributed by atoms with E-state index in [0.29, 0.717) is 5.69 Å². The molecule has 0 fully saturated rings. The second-order valence-corrected chi connectivity index (χ2v) is 2.53. The first-order valence-corrected chi connectivity index (χ1v) is 3.81. The lowest BCUT2D eigenvalue weighted by molar-refractivity contribution is 0.0593. The molecule has 1 aromatic rings. The maximum Gasteiger partial charge on any atom is 0.358 e. The van der Waals surface area contributed by atoms with Crippen molar-refractivity contribution < 1.29 is 9.53 Å². The largest absolute Gasteiger partial charge is 0.464 e. The lowest BCUT2D eigenvalue weighted by Gasteiger charge is -1.93. The van der Waals surface area contributed by atoms with Crippen molar-refractivity contribution in [3.63, 3.8) is 0 Å². The fourth-order valence-corrected chi connectivity index (χ4v) is 0.962. The molecule has 0 spiro atoms. The lowest BCUT2D eigenvalue weighted by Crippen LogP contribution is -2.03. The molecule has 0 aliphatic heterocycles. The van der Waals surface area contributed by atoms with Crippen LogP contribution < -0.4 is 0 Å². The van der Waals surface area contributed by atoms with Crippen LogP contribution in [0.5, 0.6) is 0 Å². The molecule has 74 valence electrons. The molecule has 0 unspecified atom stereocenters. The van der Waals surface area contributed by atoms with E-state index in [0.717, 1.165) is 0 Å². The first kappa shape index (κ1) is 10.1. The van der Waals surface area contributed by atoms with Crippen LogP contribution in [-0.2, 0) is 18.3 Å². The van der Waals surface area contributed by atoms with E-state index in [9.17, 15) is 4.79 Å². The van der Waals surface area contributed by atoms with Gasteiger partial charge in [-0.3, -0.25) is 4.68 Å². The van der Waals surface area contributed by atoms with Crippen LogP contribution in [0.4, 0.5) is 0 Å². The molecule has 7 nitrogen and oxygen atoms in total. The summed E-state index contributed by atoms with van der Waals surface area (Å²) in [4.78, 5) is 13.7. The van der Waals surface area contributed by atoms with Crippen LogP contribution in [0.2, 0.25) is 0 Å². The maximum atomic E-state index is 11.1. The van der Waals surface area contributed by atoms with Crippen LogP contribution in [0.1, 0.15) is 16.2 Å². The van der Waals surface area contributed by atoms with Crippen molar-refractivity contribution in [1.29, 1.82) is 0 Å². The molecule has 0 atom stereocenters. The van der Waals surface area contributed by atoms with E-state index in [4.69, 9.17) is 5.53 Å². The van der Waals surface area contributed by atoms with Gasteiger partial charge in [0, 0.05) is 17.7 Å². The summed E-state index contributed by atoms with van der Waals surface area (Å²) in [6.45, 7) is 0.164. The Morgan fingerprint density at radius 2 is 2.57 bits per heavy atom. The van der Waals surface area contributed by atoms with E-state index < -0.39 is 5.97 Å². The van der Waals surface area contributed by atoms with E-state index in [1.807, 2.05) is 0 Å². The topological polar surface area (TPSA) is 92.9 Å². The number of aromatic nitrogens is 2. The molecular formula is C7H9N5O2. The molecule has 0 amide bonds. The number of aryl methyl sites for hydroxylation is 1. The third-order valence-corrected chi connectivity index (χ3v) is 1.67. The van der Waals surface area contributed by atoms with Gasteiger partial charge in [0.1, 0.15) is 0 Å². The SMILES string of the molecule is COC(=O)c1cc(CN=[N+]=[N-])n(C)n1. The van der Waals surface area contributed by atoms with Gasteiger partial charge in [0.2, 0.25) is 0 Å². The summed E-state index contributed by atoms with van der Waals surface area (Å²) in [5, 5.41) is 7.26. The monoisotopic (exact) mass is 195 g/mol. The standard InChI is InChI=1S/C7H9N5O2/c1-12-5(4-9-11-8)3-6(10-12)7(13)14-2/h3H,4H2,1-2H3. The highest BCUT2D eigenvalue weighted by Gasteiger charge is 2.11. The number of carbonyl (C=O) groups excluding carboxylic acids is 1. The predicted molar refractivity (Wildman–Crippen MR) is 47.4 cm³/mol.